The van der Waals surface area contributed by atoms with E-state index in [1.54, 1.807) is 0 Å². The minimum atomic E-state index is -0.455. The van der Waals surface area contributed by atoms with E-state index in [2.05, 4.69) is 71.7 Å². The zero-order valence-electron chi connectivity index (χ0n) is 21.1. The summed E-state index contributed by atoms with van der Waals surface area (Å²) < 4.78 is 11.5. The first kappa shape index (κ1) is 23.9. The van der Waals surface area contributed by atoms with Gasteiger partial charge in [-0.3, -0.25) is 0 Å². The minimum absolute atomic E-state index is 0.325. The van der Waals surface area contributed by atoms with Crippen molar-refractivity contribution in [1.29, 1.82) is 0 Å². The van der Waals surface area contributed by atoms with Crippen molar-refractivity contribution < 1.29 is 14.3 Å². The number of ether oxygens (including phenoxy) is 2. The van der Waals surface area contributed by atoms with Crippen LogP contribution in [0.1, 0.15) is 28.4 Å². The number of para-hydroxylation sites is 2. The van der Waals surface area contributed by atoms with Gasteiger partial charge in [-0.2, -0.15) is 0 Å². The molecule has 1 heterocycles. The van der Waals surface area contributed by atoms with E-state index in [9.17, 15) is 4.79 Å². The van der Waals surface area contributed by atoms with Crippen molar-refractivity contribution in [3.8, 4) is 5.75 Å². The van der Waals surface area contributed by atoms with Gasteiger partial charge in [0.05, 0.1) is 24.9 Å². The fourth-order valence-corrected chi connectivity index (χ4v) is 5.00. The SMILES string of the molecule is COC(=O)c1cc(N2C[C@@](C)(CNCCc3cccc4ccccc34)Oc3ccccc32)ccc1C. The van der Waals surface area contributed by atoms with Gasteiger partial charge in [0.15, 0.2) is 0 Å². The van der Waals surface area contributed by atoms with Crippen LogP contribution in [0.5, 0.6) is 5.75 Å². The summed E-state index contributed by atoms with van der Waals surface area (Å²) in [6, 6.07) is 29.0. The average Bonchev–Trinajstić information content (AvgIpc) is 2.90. The van der Waals surface area contributed by atoms with Crippen LogP contribution in [-0.4, -0.2) is 38.3 Å². The lowest BCUT2D eigenvalue weighted by atomic mass is 9.99. The fourth-order valence-electron chi connectivity index (χ4n) is 5.00. The number of methoxy groups -OCH3 is 1. The second-order valence-electron chi connectivity index (χ2n) is 9.66. The molecule has 5 heteroatoms. The molecule has 0 amide bonds. The zero-order valence-corrected chi connectivity index (χ0v) is 21.1. The molecule has 36 heavy (non-hydrogen) atoms. The highest BCUT2D eigenvalue weighted by molar-refractivity contribution is 5.92. The van der Waals surface area contributed by atoms with E-state index in [0.717, 1.165) is 35.7 Å². The van der Waals surface area contributed by atoms with E-state index in [1.165, 1.54) is 23.4 Å². The van der Waals surface area contributed by atoms with Crippen LogP contribution in [0.25, 0.3) is 10.8 Å². The van der Waals surface area contributed by atoms with Gasteiger partial charge in [0.25, 0.3) is 0 Å². The summed E-state index contributed by atoms with van der Waals surface area (Å²) in [5, 5.41) is 6.21. The minimum Gasteiger partial charge on any atom is -0.482 e. The van der Waals surface area contributed by atoms with Crippen molar-refractivity contribution in [2.45, 2.75) is 25.9 Å². The molecule has 184 valence electrons. The molecule has 0 spiro atoms. The number of fused-ring (bicyclic) bond motifs is 2. The fraction of sp³-hybridized carbons (Fsp3) is 0.258. The topological polar surface area (TPSA) is 50.8 Å². The molecule has 0 aromatic heterocycles. The monoisotopic (exact) mass is 480 g/mol. The average molecular weight is 481 g/mol. The maximum atomic E-state index is 12.3. The third kappa shape index (κ3) is 4.79. The first-order chi connectivity index (χ1) is 17.5. The van der Waals surface area contributed by atoms with Gasteiger partial charge in [0.1, 0.15) is 11.4 Å². The quantitative estimate of drug-likeness (QED) is 0.258. The first-order valence-electron chi connectivity index (χ1n) is 12.4. The van der Waals surface area contributed by atoms with Crippen LogP contribution in [0, 0.1) is 6.92 Å². The molecule has 0 aliphatic carbocycles. The molecule has 0 fully saturated rings. The Labute approximate surface area is 212 Å². The van der Waals surface area contributed by atoms with Crippen LogP contribution in [0.2, 0.25) is 0 Å². The third-order valence-corrected chi connectivity index (χ3v) is 6.89. The van der Waals surface area contributed by atoms with Crippen LogP contribution in [0.4, 0.5) is 11.4 Å². The largest absolute Gasteiger partial charge is 0.482 e. The number of nitrogens with zero attached hydrogens (tertiary/aromatic N) is 1. The van der Waals surface area contributed by atoms with E-state index >= 15 is 0 Å². The maximum Gasteiger partial charge on any atom is 0.338 e. The van der Waals surface area contributed by atoms with Gasteiger partial charge in [-0.1, -0.05) is 60.7 Å². The molecule has 1 N–H and O–H groups in total. The summed E-state index contributed by atoms with van der Waals surface area (Å²) in [6.45, 7) is 6.25. The van der Waals surface area contributed by atoms with Gasteiger partial charge in [-0.25, -0.2) is 4.79 Å². The van der Waals surface area contributed by atoms with Crippen molar-refractivity contribution in [2.75, 3.05) is 31.6 Å². The molecule has 5 rings (SSSR count). The molecule has 5 nitrogen and oxygen atoms in total. The number of carbonyl (C=O) groups excluding carboxylic acids is 1. The normalized spacial score (nSPS) is 16.9. The molecule has 1 aliphatic heterocycles. The Morgan fingerprint density at radius 3 is 2.67 bits per heavy atom. The van der Waals surface area contributed by atoms with E-state index in [4.69, 9.17) is 9.47 Å². The van der Waals surface area contributed by atoms with Gasteiger partial charge in [0.2, 0.25) is 0 Å². The second kappa shape index (κ2) is 10.0. The Balaban J connectivity index is 1.34. The van der Waals surface area contributed by atoms with Crippen molar-refractivity contribution in [3.63, 3.8) is 0 Å². The van der Waals surface area contributed by atoms with E-state index < -0.39 is 5.60 Å². The number of aryl methyl sites for hydroxylation is 1. The van der Waals surface area contributed by atoms with Gasteiger partial charge in [0, 0.05) is 12.2 Å². The molecule has 0 radical (unpaired) electrons. The number of rotatable bonds is 7. The van der Waals surface area contributed by atoms with Crippen LogP contribution >= 0.6 is 0 Å². The summed E-state index contributed by atoms with van der Waals surface area (Å²) in [5.74, 6) is 0.510. The molecule has 1 aliphatic rings. The molecule has 0 saturated heterocycles. The summed E-state index contributed by atoms with van der Waals surface area (Å²) >= 11 is 0. The standard InChI is InChI=1S/C31H32N2O3/c1-22-15-16-25(19-27(22)30(34)35-3)33-21-31(2,36-29-14-7-6-13-28(29)33)20-32-18-17-24-11-8-10-23-9-4-5-12-26(23)24/h4-16,19,32H,17-18,20-21H2,1-3H3/t31-/m1/s1. The number of esters is 1. The first-order valence-corrected chi connectivity index (χ1v) is 12.4. The number of hydrogen-bond donors (Lipinski definition) is 1. The molecule has 1 atom stereocenters. The molecular weight excluding hydrogens is 448 g/mol. The molecule has 0 bridgehead atoms. The molecule has 4 aromatic rings. The highest BCUT2D eigenvalue weighted by Crippen LogP contribution is 2.41. The summed E-state index contributed by atoms with van der Waals surface area (Å²) in [5.41, 5.74) is 4.30. The van der Waals surface area contributed by atoms with E-state index in [-0.39, 0.29) is 5.97 Å². The molecule has 0 saturated carbocycles. The lowest BCUT2D eigenvalue weighted by Crippen LogP contribution is -2.53. The van der Waals surface area contributed by atoms with Crippen LogP contribution in [0.15, 0.2) is 84.9 Å². The van der Waals surface area contributed by atoms with Crippen LogP contribution < -0.4 is 15.0 Å². The second-order valence-corrected chi connectivity index (χ2v) is 9.66. The predicted octanol–water partition coefficient (Wildman–Crippen LogP) is 6.06. The number of anilines is 2. The third-order valence-electron chi connectivity index (χ3n) is 6.89. The Morgan fingerprint density at radius 1 is 1.03 bits per heavy atom. The summed E-state index contributed by atoms with van der Waals surface area (Å²) in [4.78, 5) is 14.6. The smallest absolute Gasteiger partial charge is 0.338 e. The molecular formula is C31H32N2O3. The Bertz CT molecular complexity index is 1390. The van der Waals surface area contributed by atoms with Crippen molar-refractivity contribution >= 4 is 28.1 Å². The van der Waals surface area contributed by atoms with Crippen LogP contribution in [0.3, 0.4) is 0 Å². The number of benzene rings is 4. The Hall–Kier alpha value is -3.83. The van der Waals surface area contributed by atoms with Crippen LogP contribution in [-0.2, 0) is 11.2 Å². The predicted molar refractivity (Wildman–Crippen MR) is 146 cm³/mol. The Kier molecular flexibility index (Phi) is 6.66. The van der Waals surface area contributed by atoms with E-state index in [0.29, 0.717) is 18.7 Å². The van der Waals surface area contributed by atoms with Gasteiger partial charge in [-0.05, 0) is 73.0 Å². The van der Waals surface area contributed by atoms with Crippen molar-refractivity contribution in [1.82, 2.24) is 5.32 Å². The summed E-state index contributed by atoms with van der Waals surface area (Å²) in [6.07, 6.45) is 0.943. The lowest BCUT2D eigenvalue weighted by molar-refractivity contribution is 0.0600. The van der Waals surface area contributed by atoms with Gasteiger partial charge in [-0.15, -0.1) is 0 Å². The molecule has 0 unspecified atom stereocenters. The Morgan fingerprint density at radius 2 is 1.81 bits per heavy atom. The zero-order chi connectivity index (χ0) is 25.1. The number of carbonyl (C=O) groups is 1. The molecule has 4 aromatic carbocycles. The number of nitrogens with one attached hydrogen (secondary N) is 1. The van der Waals surface area contributed by atoms with Crippen molar-refractivity contribution in [2.24, 2.45) is 0 Å². The van der Waals surface area contributed by atoms with Crippen molar-refractivity contribution in [3.05, 3.63) is 102 Å². The lowest BCUT2D eigenvalue weighted by Gasteiger charge is -2.43. The van der Waals surface area contributed by atoms with Gasteiger partial charge < -0.3 is 19.7 Å². The summed E-state index contributed by atoms with van der Waals surface area (Å²) in [7, 11) is 1.42. The number of hydrogen-bond acceptors (Lipinski definition) is 5. The van der Waals surface area contributed by atoms with Gasteiger partial charge >= 0.3 is 5.97 Å². The highest BCUT2D eigenvalue weighted by atomic mass is 16.5. The highest BCUT2D eigenvalue weighted by Gasteiger charge is 2.36. The maximum absolute atomic E-state index is 12.3. The van der Waals surface area contributed by atoms with E-state index in [1.807, 2.05) is 37.3 Å².